The van der Waals surface area contributed by atoms with E-state index in [1.807, 2.05) is 6.07 Å². The minimum atomic E-state index is -0.283. The maximum atomic E-state index is 11.1. The lowest BCUT2D eigenvalue weighted by Crippen LogP contribution is -2.13. The molecule has 1 aromatic carbocycles. The molecule has 0 aliphatic heterocycles. The van der Waals surface area contributed by atoms with Gasteiger partial charge in [-0.2, -0.15) is 0 Å². The molecule has 2 N–H and O–H groups in total. The number of carbonyl (C=O) groups is 1. The Hall–Kier alpha value is -1.26. The maximum absolute atomic E-state index is 11.1. The second-order valence-electron chi connectivity index (χ2n) is 3.19. The van der Waals surface area contributed by atoms with Gasteiger partial charge in [0.15, 0.2) is 0 Å². The largest absolute Gasteiger partial charge is 0.495 e. The second-order valence-corrected chi connectivity index (χ2v) is 3.46. The van der Waals surface area contributed by atoms with E-state index in [1.165, 1.54) is 7.11 Å². The molecule has 0 radical (unpaired) electrons. The summed E-state index contributed by atoms with van der Waals surface area (Å²) in [6.07, 6.45) is 0.556. The highest BCUT2D eigenvalue weighted by molar-refractivity contribution is 6.29. The first-order chi connectivity index (χ1) is 7.71. The highest BCUT2D eigenvalue weighted by Gasteiger charge is 2.07. The van der Waals surface area contributed by atoms with Gasteiger partial charge in [-0.1, -0.05) is 6.07 Å². The molecule has 0 unspecified atom stereocenters. The number of amides is 1. The lowest BCUT2D eigenvalue weighted by molar-refractivity contribution is -0.113. The number of benzene rings is 1. The number of anilines is 1. The van der Waals surface area contributed by atoms with E-state index in [2.05, 4.69) is 5.32 Å². The first kappa shape index (κ1) is 12.8. The Morgan fingerprint density at radius 1 is 1.56 bits per heavy atom. The van der Waals surface area contributed by atoms with Crippen LogP contribution in [0.2, 0.25) is 0 Å². The van der Waals surface area contributed by atoms with Crippen molar-refractivity contribution in [1.29, 1.82) is 0 Å². The summed E-state index contributed by atoms with van der Waals surface area (Å²) in [5, 5.41) is 11.4. The number of aliphatic hydroxyl groups excluding tert-OH is 1. The predicted molar refractivity (Wildman–Crippen MR) is 63.1 cm³/mol. The second kappa shape index (κ2) is 6.35. The van der Waals surface area contributed by atoms with Gasteiger partial charge in [-0.05, 0) is 24.1 Å². The van der Waals surface area contributed by atoms with Crippen molar-refractivity contribution in [3.8, 4) is 5.75 Å². The molecule has 0 bridgehead atoms. The van der Waals surface area contributed by atoms with Crippen LogP contribution in [-0.4, -0.2) is 30.6 Å². The van der Waals surface area contributed by atoms with Gasteiger partial charge in [-0.3, -0.25) is 4.79 Å². The minimum Gasteiger partial charge on any atom is -0.495 e. The van der Waals surface area contributed by atoms with Crippen LogP contribution in [-0.2, 0) is 11.2 Å². The average molecular weight is 244 g/mol. The van der Waals surface area contributed by atoms with Crippen molar-refractivity contribution in [2.24, 2.45) is 0 Å². The van der Waals surface area contributed by atoms with Crippen molar-refractivity contribution in [1.82, 2.24) is 0 Å². The van der Waals surface area contributed by atoms with Crippen molar-refractivity contribution in [2.45, 2.75) is 6.42 Å². The van der Waals surface area contributed by atoms with E-state index in [-0.39, 0.29) is 18.4 Å². The van der Waals surface area contributed by atoms with E-state index < -0.39 is 0 Å². The molecule has 0 aliphatic carbocycles. The van der Waals surface area contributed by atoms with E-state index in [0.29, 0.717) is 17.9 Å². The monoisotopic (exact) mass is 243 g/mol. The Kier molecular flexibility index (Phi) is 5.08. The summed E-state index contributed by atoms with van der Waals surface area (Å²) in [4.78, 5) is 11.1. The Balaban J connectivity index is 2.88. The molecule has 0 aromatic heterocycles. The summed E-state index contributed by atoms with van der Waals surface area (Å²) in [6.45, 7) is 0.0799. The number of alkyl halides is 1. The summed E-state index contributed by atoms with van der Waals surface area (Å²) in [7, 11) is 1.52. The Bertz CT molecular complexity index is 368. The molecular weight excluding hydrogens is 230 g/mol. The van der Waals surface area contributed by atoms with Crippen molar-refractivity contribution in [3.63, 3.8) is 0 Å². The van der Waals surface area contributed by atoms with Gasteiger partial charge in [-0.25, -0.2) is 0 Å². The molecule has 0 heterocycles. The van der Waals surface area contributed by atoms with Crippen LogP contribution in [0.25, 0.3) is 0 Å². The molecule has 5 heteroatoms. The third kappa shape index (κ3) is 3.40. The van der Waals surface area contributed by atoms with E-state index in [9.17, 15) is 4.79 Å². The molecule has 88 valence electrons. The van der Waals surface area contributed by atoms with Gasteiger partial charge >= 0.3 is 0 Å². The molecule has 0 saturated heterocycles. The number of hydrogen-bond donors (Lipinski definition) is 2. The first-order valence-electron chi connectivity index (χ1n) is 4.85. The number of rotatable bonds is 5. The molecule has 1 rings (SSSR count). The maximum Gasteiger partial charge on any atom is 0.239 e. The summed E-state index contributed by atoms with van der Waals surface area (Å²) < 4.78 is 5.14. The van der Waals surface area contributed by atoms with Gasteiger partial charge in [-0.15, -0.1) is 11.6 Å². The van der Waals surface area contributed by atoms with Crippen LogP contribution in [0.4, 0.5) is 5.69 Å². The van der Waals surface area contributed by atoms with Crippen LogP contribution in [0, 0.1) is 0 Å². The lowest BCUT2D eigenvalue weighted by atomic mass is 10.1. The zero-order chi connectivity index (χ0) is 12.0. The van der Waals surface area contributed by atoms with Gasteiger partial charge < -0.3 is 15.2 Å². The fourth-order valence-electron chi connectivity index (χ4n) is 1.31. The van der Waals surface area contributed by atoms with Crippen molar-refractivity contribution >= 4 is 23.2 Å². The zero-order valence-corrected chi connectivity index (χ0v) is 9.75. The fourth-order valence-corrected chi connectivity index (χ4v) is 1.37. The van der Waals surface area contributed by atoms with Crippen LogP contribution in [0.15, 0.2) is 18.2 Å². The summed E-state index contributed by atoms with van der Waals surface area (Å²) in [6, 6.07) is 5.33. The molecule has 16 heavy (non-hydrogen) atoms. The van der Waals surface area contributed by atoms with Crippen molar-refractivity contribution in [2.75, 3.05) is 24.9 Å². The minimum absolute atomic E-state index is 0.0799. The third-order valence-corrected chi connectivity index (χ3v) is 2.30. The molecule has 0 saturated carbocycles. The van der Waals surface area contributed by atoms with Crippen molar-refractivity contribution in [3.05, 3.63) is 23.8 Å². The van der Waals surface area contributed by atoms with Crippen LogP contribution in [0.5, 0.6) is 5.75 Å². The number of aliphatic hydroxyl groups is 1. The van der Waals surface area contributed by atoms with Crippen LogP contribution in [0.1, 0.15) is 5.56 Å². The molecule has 0 atom stereocenters. The SMILES string of the molecule is COc1cc(CCO)ccc1NC(=O)CCl. The lowest BCUT2D eigenvalue weighted by Gasteiger charge is -2.10. The third-order valence-electron chi connectivity index (χ3n) is 2.06. The molecule has 1 aromatic rings. The predicted octanol–water partition coefficient (Wildman–Crippen LogP) is 1.41. The van der Waals surface area contributed by atoms with Gasteiger partial charge in [0.1, 0.15) is 11.6 Å². The van der Waals surface area contributed by atoms with Crippen LogP contribution in [0.3, 0.4) is 0 Å². The van der Waals surface area contributed by atoms with E-state index >= 15 is 0 Å². The molecule has 1 amide bonds. The molecule has 0 spiro atoms. The van der Waals surface area contributed by atoms with Crippen LogP contribution < -0.4 is 10.1 Å². The van der Waals surface area contributed by atoms with Crippen LogP contribution >= 0.6 is 11.6 Å². The highest BCUT2D eigenvalue weighted by Crippen LogP contribution is 2.25. The normalized spacial score (nSPS) is 9.94. The number of carbonyl (C=O) groups excluding carboxylic acids is 1. The number of ether oxygens (including phenoxy) is 1. The van der Waals surface area contributed by atoms with Gasteiger partial charge in [0.05, 0.1) is 12.8 Å². The topological polar surface area (TPSA) is 58.6 Å². The summed E-state index contributed by atoms with van der Waals surface area (Å²) in [5.41, 5.74) is 1.53. The van der Waals surface area contributed by atoms with Gasteiger partial charge in [0.25, 0.3) is 0 Å². The number of hydrogen-bond acceptors (Lipinski definition) is 3. The van der Waals surface area contributed by atoms with Gasteiger partial charge in [0.2, 0.25) is 5.91 Å². The van der Waals surface area contributed by atoms with E-state index in [1.54, 1.807) is 12.1 Å². The molecule has 0 aliphatic rings. The van der Waals surface area contributed by atoms with E-state index in [0.717, 1.165) is 5.56 Å². The number of nitrogens with one attached hydrogen (secondary N) is 1. The Morgan fingerprint density at radius 2 is 2.31 bits per heavy atom. The first-order valence-corrected chi connectivity index (χ1v) is 5.38. The molecule has 4 nitrogen and oxygen atoms in total. The van der Waals surface area contributed by atoms with E-state index in [4.69, 9.17) is 21.4 Å². The molecule has 0 fully saturated rings. The Morgan fingerprint density at radius 3 is 2.88 bits per heavy atom. The quantitative estimate of drug-likeness (QED) is 0.769. The van der Waals surface area contributed by atoms with Gasteiger partial charge in [0, 0.05) is 6.61 Å². The summed E-state index contributed by atoms with van der Waals surface area (Å²) in [5.74, 6) is 0.181. The molecular formula is C11H14ClNO3. The number of halogens is 1. The average Bonchev–Trinajstić information content (AvgIpc) is 2.31. The smallest absolute Gasteiger partial charge is 0.239 e. The fraction of sp³-hybridized carbons (Fsp3) is 0.364. The Labute approximate surface area is 99.2 Å². The highest BCUT2D eigenvalue weighted by atomic mass is 35.5. The number of methoxy groups -OCH3 is 1. The standard InChI is InChI=1S/C11H14ClNO3/c1-16-10-6-8(4-5-14)2-3-9(10)13-11(15)7-12/h2-3,6,14H,4-5,7H2,1H3,(H,13,15). The zero-order valence-electron chi connectivity index (χ0n) is 9.00. The van der Waals surface area contributed by atoms with Crippen molar-refractivity contribution < 1.29 is 14.6 Å². The summed E-state index contributed by atoms with van der Waals surface area (Å²) >= 11 is 5.39.